The Morgan fingerprint density at radius 1 is 1.89 bits per heavy atom. The van der Waals surface area contributed by atoms with Crippen molar-refractivity contribution in [2.45, 2.75) is 6.42 Å². The maximum atomic E-state index is 10.0. The molecular weight excluding hydrogens is 144 g/mol. The van der Waals surface area contributed by atoms with E-state index in [-0.39, 0.29) is 0 Å². The molecule has 0 amide bonds. The molecule has 0 fully saturated rings. The Hall–Kier alpha value is -0.770. The van der Waals surface area contributed by atoms with Crippen LogP contribution in [0.25, 0.3) is 0 Å². The molecule has 1 rings (SSSR count). The van der Waals surface area contributed by atoms with Gasteiger partial charge in [0, 0.05) is 24.2 Å². The smallest absolute Gasteiger partial charge is 0.308 e. The Balaban J connectivity index is 2.28. The van der Waals surface area contributed by atoms with Gasteiger partial charge in [-0.15, -0.1) is 5.17 Å². The van der Waals surface area contributed by atoms with E-state index in [0.29, 0.717) is 6.54 Å². The molecule has 0 unspecified atom stereocenters. The molecule has 9 heavy (non-hydrogen) atoms. The van der Waals surface area contributed by atoms with Crippen LogP contribution in [-0.2, 0) is 4.84 Å². The summed E-state index contributed by atoms with van der Waals surface area (Å²) in [5, 5.41) is 4.80. The highest BCUT2D eigenvalue weighted by atomic mass is 35.5. The zero-order chi connectivity index (χ0) is 6.69. The average Bonchev–Trinajstić information content (AvgIpc) is 2.15. The molecule has 5 heteroatoms. The van der Waals surface area contributed by atoms with E-state index in [1.807, 2.05) is 0 Å². The van der Waals surface area contributed by atoms with Gasteiger partial charge in [-0.2, -0.15) is 5.10 Å². The number of rotatable bonds is 1. The molecule has 0 aromatic rings. The van der Waals surface area contributed by atoms with E-state index in [1.54, 1.807) is 6.21 Å². The Kier molecular flexibility index (Phi) is 1.89. The lowest BCUT2D eigenvalue weighted by atomic mass is 10.5. The zero-order valence-electron chi connectivity index (χ0n) is 4.58. The highest BCUT2D eigenvalue weighted by Crippen LogP contribution is 2.01. The molecule has 0 saturated carbocycles. The van der Waals surface area contributed by atoms with Gasteiger partial charge in [-0.1, -0.05) is 0 Å². The van der Waals surface area contributed by atoms with E-state index in [2.05, 4.69) is 9.94 Å². The van der Waals surface area contributed by atoms with Gasteiger partial charge in [0.15, 0.2) is 0 Å². The van der Waals surface area contributed by atoms with Crippen LogP contribution in [0.15, 0.2) is 5.10 Å². The van der Waals surface area contributed by atoms with Crippen molar-refractivity contribution in [1.82, 2.24) is 5.17 Å². The fraction of sp³-hybridized carbons (Fsp3) is 0.500. The highest BCUT2D eigenvalue weighted by Gasteiger charge is 2.08. The second kappa shape index (κ2) is 2.68. The summed E-state index contributed by atoms with van der Waals surface area (Å²) in [6.07, 6.45) is 2.45. The molecule has 0 N–H and O–H groups in total. The summed E-state index contributed by atoms with van der Waals surface area (Å²) < 4.78 is 0. The molecule has 50 valence electrons. The summed E-state index contributed by atoms with van der Waals surface area (Å²) in [5.74, 6) is 0. The van der Waals surface area contributed by atoms with Gasteiger partial charge in [-0.3, -0.25) is 0 Å². The van der Waals surface area contributed by atoms with Crippen LogP contribution in [0.2, 0.25) is 0 Å². The predicted molar refractivity (Wildman–Crippen MR) is 32.1 cm³/mol. The van der Waals surface area contributed by atoms with Crippen LogP contribution >= 0.6 is 11.6 Å². The van der Waals surface area contributed by atoms with E-state index >= 15 is 0 Å². The molecule has 0 saturated heterocycles. The summed E-state index contributed by atoms with van der Waals surface area (Å²) in [4.78, 5) is 14.4. The number of halogens is 1. The van der Waals surface area contributed by atoms with Gasteiger partial charge >= 0.3 is 5.43 Å². The van der Waals surface area contributed by atoms with Crippen LogP contribution in [-0.4, -0.2) is 23.4 Å². The molecule has 0 bridgehead atoms. The number of hydroxylamine groups is 1. The number of nitrogens with zero attached hydrogens (tertiary/aromatic N) is 2. The SMILES string of the molecule is O=C(Cl)ON1CCC=N1. The van der Waals surface area contributed by atoms with Crippen molar-refractivity contribution in [3.05, 3.63) is 0 Å². The summed E-state index contributed by atoms with van der Waals surface area (Å²) in [6, 6.07) is 0. The third-order valence-corrected chi connectivity index (χ3v) is 0.906. The topological polar surface area (TPSA) is 41.9 Å². The molecule has 0 aromatic heterocycles. The van der Waals surface area contributed by atoms with Crippen molar-refractivity contribution < 1.29 is 9.63 Å². The summed E-state index contributed by atoms with van der Waals surface area (Å²) >= 11 is 4.88. The van der Waals surface area contributed by atoms with Gasteiger partial charge in [0.2, 0.25) is 0 Å². The Morgan fingerprint density at radius 3 is 3.11 bits per heavy atom. The lowest BCUT2D eigenvalue weighted by molar-refractivity contribution is -0.0777. The lowest BCUT2D eigenvalue weighted by Gasteiger charge is -2.08. The Morgan fingerprint density at radius 2 is 2.67 bits per heavy atom. The first-order chi connectivity index (χ1) is 4.29. The molecule has 0 radical (unpaired) electrons. The number of carbonyl (C=O) groups is 1. The number of hydrogen-bond acceptors (Lipinski definition) is 4. The second-order valence-corrected chi connectivity index (χ2v) is 1.80. The van der Waals surface area contributed by atoms with Crippen molar-refractivity contribution >= 4 is 23.2 Å². The van der Waals surface area contributed by atoms with E-state index < -0.39 is 5.43 Å². The van der Waals surface area contributed by atoms with E-state index in [1.165, 1.54) is 0 Å². The van der Waals surface area contributed by atoms with Gasteiger partial charge in [0.05, 0.1) is 6.54 Å². The van der Waals surface area contributed by atoms with E-state index in [9.17, 15) is 4.79 Å². The van der Waals surface area contributed by atoms with Crippen LogP contribution in [0.3, 0.4) is 0 Å². The summed E-state index contributed by atoms with van der Waals surface area (Å²) in [6.45, 7) is 0.596. The minimum atomic E-state index is -0.853. The first-order valence-electron chi connectivity index (χ1n) is 2.46. The van der Waals surface area contributed by atoms with Gasteiger partial charge in [-0.25, -0.2) is 4.79 Å². The van der Waals surface area contributed by atoms with E-state index in [4.69, 9.17) is 11.6 Å². The fourth-order valence-corrected chi connectivity index (χ4v) is 0.606. The number of carbonyl (C=O) groups excluding carboxylic acids is 1. The minimum Gasteiger partial charge on any atom is -0.308 e. The molecule has 0 spiro atoms. The van der Waals surface area contributed by atoms with Gasteiger partial charge in [-0.05, 0) is 0 Å². The minimum absolute atomic E-state index is 0.596. The van der Waals surface area contributed by atoms with Gasteiger partial charge in [0.1, 0.15) is 0 Å². The Labute approximate surface area is 57.0 Å². The van der Waals surface area contributed by atoms with Gasteiger partial charge < -0.3 is 4.84 Å². The second-order valence-electron chi connectivity index (χ2n) is 1.49. The highest BCUT2D eigenvalue weighted by molar-refractivity contribution is 6.61. The molecule has 1 heterocycles. The third-order valence-electron chi connectivity index (χ3n) is 0.837. The van der Waals surface area contributed by atoms with Crippen LogP contribution in [0.4, 0.5) is 4.79 Å². The van der Waals surface area contributed by atoms with E-state index in [0.717, 1.165) is 11.6 Å². The predicted octanol–water partition coefficient (Wildman–Crippen LogP) is 0.968. The van der Waals surface area contributed by atoms with Gasteiger partial charge in [0.25, 0.3) is 0 Å². The van der Waals surface area contributed by atoms with Crippen molar-refractivity contribution in [3.8, 4) is 0 Å². The maximum Gasteiger partial charge on any atom is 0.429 e. The van der Waals surface area contributed by atoms with Crippen molar-refractivity contribution in [2.24, 2.45) is 5.10 Å². The molecule has 1 aliphatic rings. The summed E-state index contributed by atoms with van der Waals surface area (Å²) in [7, 11) is 0. The van der Waals surface area contributed by atoms with Crippen LogP contribution in [0.1, 0.15) is 6.42 Å². The van der Waals surface area contributed by atoms with Crippen LogP contribution < -0.4 is 0 Å². The normalized spacial score (nSPS) is 16.3. The molecular formula is C4H5ClN2O2. The fourth-order valence-electron chi connectivity index (χ4n) is 0.527. The number of hydrogen-bond donors (Lipinski definition) is 0. The molecule has 0 aliphatic carbocycles. The van der Waals surface area contributed by atoms with Crippen molar-refractivity contribution in [2.75, 3.05) is 6.54 Å². The third kappa shape index (κ3) is 1.89. The van der Waals surface area contributed by atoms with Crippen LogP contribution in [0, 0.1) is 0 Å². The quantitative estimate of drug-likeness (QED) is 0.521. The first-order valence-corrected chi connectivity index (χ1v) is 2.84. The molecule has 1 aliphatic heterocycles. The average molecular weight is 149 g/mol. The van der Waals surface area contributed by atoms with Crippen LogP contribution in [0.5, 0.6) is 0 Å². The van der Waals surface area contributed by atoms with Crippen molar-refractivity contribution in [1.29, 1.82) is 0 Å². The first kappa shape index (κ1) is 6.35. The zero-order valence-corrected chi connectivity index (χ0v) is 5.34. The number of hydrazone groups is 1. The largest absolute Gasteiger partial charge is 0.429 e. The summed E-state index contributed by atoms with van der Waals surface area (Å²) in [5.41, 5.74) is -0.853. The molecule has 4 nitrogen and oxygen atoms in total. The molecule has 0 aromatic carbocycles. The maximum absolute atomic E-state index is 10.0. The standard InChI is InChI=1S/C4H5ClN2O2/c5-4(8)9-7-3-1-2-6-7/h2H,1,3H2. The van der Waals surface area contributed by atoms with Crippen molar-refractivity contribution in [3.63, 3.8) is 0 Å². The Bertz CT molecular complexity index is 148. The monoisotopic (exact) mass is 148 g/mol. The molecule has 0 atom stereocenters. The lowest BCUT2D eigenvalue weighted by Crippen LogP contribution is -2.15.